The van der Waals surface area contributed by atoms with Gasteiger partial charge in [-0.2, -0.15) is 26.3 Å². The summed E-state index contributed by atoms with van der Waals surface area (Å²) in [6.07, 6.45) is -8.92. The highest BCUT2D eigenvalue weighted by Crippen LogP contribution is 2.30. The lowest BCUT2D eigenvalue weighted by atomic mass is 10.1. The second-order valence-corrected chi connectivity index (χ2v) is 8.63. The largest absolute Gasteiger partial charge is 0.508 e. The molecule has 0 fully saturated rings. The van der Waals surface area contributed by atoms with Gasteiger partial charge in [-0.05, 0) is 109 Å². The van der Waals surface area contributed by atoms with Crippen molar-refractivity contribution < 1.29 is 36.2 Å². The number of hydrogen-bond acceptors (Lipinski definition) is 3. The standard InChI is InChI=1S/C31H19F6NO2/c1-20-16-28(14-15-29(20)39)40-19-23-17-26(12-6-21-2-8-24(9-3-21)30(32,33)34)38-27(18-23)13-7-22-4-10-25(11-5-22)31(35,36)37/h2-5,8-11,14-18,39H,19H2,1H3. The number of aromatic nitrogens is 1. The molecule has 0 amide bonds. The Morgan fingerprint density at radius 2 is 1.15 bits per heavy atom. The summed E-state index contributed by atoms with van der Waals surface area (Å²) in [4.78, 5) is 4.36. The van der Waals surface area contributed by atoms with Crippen molar-refractivity contribution in [3.05, 3.63) is 124 Å². The molecule has 0 aliphatic heterocycles. The smallest absolute Gasteiger partial charge is 0.416 e. The number of ether oxygens (including phenoxy) is 1. The fourth-order valence-electron chi connectivity index (χ4n) is 3.44. The predicted molar refractivity (Wildman–Crippen MR) is 136 cm³/mol. The van der Waals surface area contributed by atoms with Crippen molar-refractivity contribution >= 4 is 0 Å². The van der Waals surface area contributed by atoms with E-state index < -0.39 is 23.5 Å². The summed E-state index contributed by atoms with van der Waals surface area (Å²) in [5.74, 6) is 11.8. The second kappa shape index (κ2) is 11.5. The number of alkyl halides is 6. The summed E-state index contributed by atoms with van der Waals surface area (Å²) in [5, 5.41) is 9.71. The molecular weight excluding hydrogens is 532 g/mol. The molecule has 1 heterocycles. The van der Waals surface area contributed by atoms with Crippen LogP contribution in [0.4, 0.5) is 26.3 Å². The maximum atomic E-state index is 12.8. The Morgan fingerprint density at radius 3 is 1.57 bits per heavy atom. The van der Waals surface area contributed by atoms with Crippen molar-refractivity contribution in [1.29, 1.82) is 0 Å². The Labute approximate surface area is 226 Å². The van der Waals surface area contributed by atoms with E-state index in [0.29, 0.717) is 28.0 Å². The molecule has 40 heavy (non-hydrogen) atoms. The van der Waals surface area contributed by atoms with Gasteiger partial charge in [0.05, 0.1) is 11.1 Å². The van der Waals surface area contributed by atoms with Gasteiger partial charge in [0.25, 0.3) is 0 Å². The molecule has 1 N–H and O–H groups in total. The highest BCUT2D eigenvalue weighted by atomic mass is 19.4. The Balaban J connectivity index is 1.63. The topological polar surface area (TPSA) is 42.4 Å². The number of aryl methyl sites for hydroxylation is 1. The maximum absolute atomic E-state index is 12.8. The molecule has 9 heteroatoms. The Bertz CT molecular complexity index is 1540. The highest BCUT2D eigenvalue weighted by Gasteiger charge is 2.30. The van der Waals surface area contributed by atoms with E-state index in [1.165, 1.54) is 30.3 Å². The number of phenolic OH excluding ortho intramolecular Hbond substituents is 1. The molecule has 0 unspecified atom stereocenters. The van der Waals surface area contributed by atoms with Crippen LogP contribution >= 0.6 is 0 Å². The molecule has 4 rings (SSSR count). The number of rotatable bonds is 3. The highest BCUT2D eigenvalue weighted by molar-refractivity contribution is 5.47. The molecule has 4 aromatic rings. The van der Waals surface area contributed by atoms with Crippen LogP contribution in [0.15, 0.2) is 78.9 Å². The van der Waals surface area contributed by atoms with Crippen molar-refractivity contribution in [3.8, 4) is 35.2 Å². The number of pyridine rings is 1. The predicted octanol–water partition coefficient (Wildman–Crippen LogP) is 7.51. The van der Waals surface area contributed by atoms with Crippen LogP contribution in [0.3, 0.4) is 0 Å². The first kappa shape index (κ1) is 28.1. The minimum absolute atomic E-state index is 0.0800. The molecule has 0 bridgehead atoms. The summed E-state index contributed by atoms with van der Waals surface area (Å²) in [5.41, 5.74) is 0.870. The van der Waals surface area contributed by atoms with E-state index in [2.05, 4.69) is 28.7 Å². The average molecular weight is 551 g/mol. The first-order valence-electron chi connectivity index (χ1n) is 11.7. The van der Waals surface area contributed by atoms with Gasteiger partial charge < -0.3 is 9.84 Å². The summed E-state index contributed by atoms with van der Waals surface area (Å²) in [6, 6.07) is 16.8. The van der Waals surface area contributed by atoms with Crippen LogP contribution in [0.2, 0.25) is 0 Å². The molecule has 1 aromatic heterocycles. The molecule has 0 aliphatic rings. The molecule has 3 nitrogen and oxygen atoms in total. The van der Waals surface area contributed by atoms with Crippen LogP contribution in [-0.2, 0) is 19.0 Å². The number of halogens is 6. The van der Waals surface area contributed by atoms with Crippen molar-refractivity contribution in [2.75, 3.05) is 0 Å². The van der Waals surface area contributed by atoms with Gasteiger partial charge in [0.2, 0.25) is 0 Å². The van der Waals surface area contributed by atoms with Crippen LogP contribution in [0.5, 0.6) is 11.5 Å². The second-order valence-electron chi connectivity index (χ2n) is 8.63. The molecule has 0 spiro atoms. The minimum Gasteiger partial charge on any atom is -0.508 e. The van der Waals surface area contributed by atoms with Gasteiger partial charge in [0.1, 0.15) is 29.5 Å². The zero-order valence-electron chi connectivity index (χ0n) is 20.8. The van der Waals surface area contributed by atoms with E-state index in [1.807, 2.05) is 0 Å². The molecule has 0 aliphatic carbocycles. The van der Waals surface area contributed by atoms with Gasteiger partial charge in [0.15, 0.2) is 0 Å². The van der Waals surface area contributed by atoms with Crippen molar-refractivity contribution in [1.82, 2.24) is 4.98 Å². The Morgan fingerprint density at radius 1 is 0.675 bits per heavy atom. The minimum atomic E-state index is -4.46. The third-order valence-electron chi connectivity index (χ3n) is 5.55. The molecule has 0 atom stereocenters. The lowest BCUT2D eigenvalue weighted by Gasteiger charge is -2.09. The van der Waals surface area contributed by atoms with E-state index in [-0.39, 0.29) is 23.7 Å². The van der Waals surface area contributed by atoms with Crippen LogP contribution < -0.4 is 4.74 Å². The van der Waals surface area contributed by atoms with Crippen LogP contribution in [0.1, 0.15) is 44.8 Å². The first-order chi connectivity index (χ1) is 18.9. The van der Waals surface area contributed by atoms with Crippen LogP contribution in [0, 0.1) is 30.6 Å². The van der Waals surface area contributed by atoms with Gasteiger partial charge in [-0.3, -0.25) is 0 Å². The van der Waals surface area contributed by atoms with Gasteiger partial charge in [-0.1, -0.05) is 11.8 Å². The molecule has 3 aromatic carbocycles. The molecule has 0 saturated carbocycles. The number of aromatic hydroxyl groups is 1. The van der Waals surface area contributed by atoms with Gasteiger partial charge in [-0.25, -0.2) is 4.98 Å². The zero-order valence-corrected chi connectivity index (χ0v) is 20.8. The first-order valence-corrected chi connectivity index (χ1v) is 11.7. The molecule has 202 valence electrons. The third kappa shape index (κ3) is 7.58. The maximum Gasteiger partial charge on any atom is 0.416 e. The van der Waals surface area contributed by atoms with Crippen molar-refractivity contribution in [2.24, 2.45) is 0 Å². The van der Waals surface area contributed by atoms with Gasteiger partial charge >= 0.3 is 12.4 Å². The summed E-state index contributed by atoms with van der Waals surface area (Å²) < 4.78 is 82.8. The summed E-state index contributed by atoms with van der Waals surface area (Å²) in [6.45, 7) is 1.80. The summed E-state index contributed by atoms with van der Waals surface area (Å²) in [7, 11) is 0. The number of phenols is 1. The van der Waals surface area contributed by atoms with E-state index in [9.17, 15) is 31.4 Å². The normalized spacial score (nSPS) is 11.2. The SMILES string of the molecule is Cc1cc(OCc2cc(C#Cc3ccc(C(F)(F)F)cc3)nc(C#Cc3ccc(C(F)(F)F)cc3)c2)ccc1O. The molecule has 0 radical (unpaired) electrons. The lowest BCUT2D eigenvalue weighted by Crippen LogP contribution is -2.04. The average Bonchev–Trinajstić information content (AvgIpc) is 2.91. The Hall–Kier alpha value is -4.89. The summed E-state index contributed by atoms with van der Waals surface area (Å²) >= 11 is 0. The fourth-order valence-corrected chi connectivity index (χ4v) is 3.44. The number of benzene rings is 3. The van der Waals surface area contributed by atoms with Crippen LogP contribution in [-0.4, -0.2) is 10.1 Å². The van der Waals surface area contributed by atoms with E-state index in [4.69, 9.17) is 4.74 Å². The van der Waals surface area contributed by atoms with Gasteiger partial charge in [-0.15, -0.1) is 0 Å². The van der Waals surface area contributed by atoms with E-state index >= 15 is 0 Å². The third-order valence-corrected chi connectivity index (χ3v) is 5.55. The monoisotopic (exact) mass is 551 g/mol. The Kier molecular flexibility index (Phi) is 8.06. The zero-order chi connectivity index (χ0) is 28.9. The fraction of sp³-hybridized carbons (Fsp3) is 0.129. The van der Waals surface area contributed by atoms with E-state index in [0.717, 1.165) is 24.3 Å². The molecular formula is C31H19F6NO2. The van der Waals surface area contributed by atoms with Crippen molar-refractivity contribution in [3.63, 3.8) is 0 Å². The number of hydrogen-bond donors (Lipinski definition) is 1. The van der Waals surface area contributed by atoms with Gasteiger partial charge in [0, 0.05) is 11.1 Å². The lowest BCUT2D eigenvalue weighted by molar-refractivity contribution is -0.138. The quantitative estimate of drug-likeness (QED) is 0.212. The van der Waals surface area contributed by atoms with Crippen LogP contribution in [0.25, 0.3) is 0 Å². The van der Waals surface area contributed by atoms with Crippen molar-refractivity contribution in [2.45, 2.75) is 25.9 Å². The molecule has 0 saturated heterocycles. The number of nitrogens with zero attached hydrogens (tertiary/aromatic N) is 1. The van der Waals surface area contributed by atoms with E-state index in [1.54, 1.807) is 31.2 Å².